The molecule has 0 spiro atoms. The zero-order chi connectivity index (χ0) is 16.1. The van der Waals surface area contributed by atoms with Crippen LogP contribution in [0.15, 0.2) is 27.7 Å². The second-order valence-electron chi connectivity index (χ2n) is 5.31. The van der Waals surface area contributed by atoms with E-state index in [0.717, 1.165) is 49.1 Å². The first kappa shape index (κ1) is 17.8. The molecule has 0 radical (unpaired) electrons. The fourth-order valence-electron chi connectivity index (χ4n) is 2.81. The molecule has 6 heteroatoms. The highest BCUT2D eigenvalue weighted by atomic mass is 79.9. The lowest BCUT2D eigenvalue weighted by molar-refractivity contribution is 0.165. The van der Waals surface area contributed by atoms with Crippen molar-refractivity contribution in [3.8, 4) is 11.5 Å². The number of methoxy groups -OCH3 is 1. The van der Waals surface area contributed by atoms with E-state index in [1.807, 2.05) is 12.1 Å². The highest BCUT2D eigenvalue weighted by molar-refractivity contribution is 9.13. The van der Waals surface area contributed by atoms with Crippen LogP contribution in [0.2, 0.25) is 0 Å². The predicted octanol–water partition coefficient (Wildman–Crippen LogP) is 3.84. The van der Waals surface area contributed by atoms with Gasteiger partial charge in [-0.05, 0) is 56.3 Å². The second-order valence-corrected chi connectivity index (χ2v) is 6.90. The van der Waals surface area contributed by atoms with E-state index in [-0.39, 0.29) is 11.8 Å². The van der Waals surface area contributed by atoms with Crippen molar-refractivity contribution in [3.63, 3.8) is 0 Å². The molecule has 4 nitrogen and oxygen atoms in total. The predicted molar refractivity (Wildman–Crippen MR) is 96.7 cm³/mol. The molecular weight excluding hydrogens is 412 g/mol. The van der Waals surface area contributed by atoms with Gasteiger partial charge in [0.25, 0.3) is 0 Å². The second kappa shape index (κ2) is 8.34. The van der Waals surface area contributed by atoms with E-state index in [1.54, 1.807) is 7.11 Å². The number of nitrogens with one attached hydrogen (secondary N) is 1. The van der Waals surface area contributed by atoms with E-state index >= 15 is 0 Å². The number of rotatable bonds is 6. The third-order valence-corrected chi connectivity index (χ3v) is 6.15. The Morgan fingerprint density at radius 3 is 2.68 bits per heavy atom. The number of ether oxygens (including phenoxy) is 1. The number of piperazine rings is 1. The summed E-state index contributed by atoms with van der Waals surface area (Å²) in [7, 11) is 1.57. The van der Waals surface area contributed by atoms with Gasteiger partial charge in [0.1, 0.15) is 0 Å². The summed E-state index contributed by atoms with van der Waals surface area (Å²) in [5.74, 6) is 0.615. The number of benzene rings is 1. The normalized spacial score (nSPS) is 17.2. The van der Waals surface area contributed by atoms with Gasteiger partial charge in [0.2, 0.25) is 0 Å². The summed E-state index contributed by atoms with van der Waals surface area (Å²) in [4.78, 5) is 2.48. The number of phenolic OH excluding ortho intramolecular Hbond substituents is 1. The summed E-state index contributed by atoms with van der Waals surface area (Å²) in [5, 5.41) is 13.5. The van der Waals surface area contributed by atoms with Crippen LogP contribution in [-0.4, -0.2) is 43.3 Å². The highest BCUT2D eigenvalue weighted by Crippen LogP contribution is 2.45. The summed E-state index contributed by atoms with van der Waals surface area (Å²) in [6.45, 7) is 7.86. The maximum Gasteiger partial charge on any atom is 0.173 e. The summed E-state index contributed by atoms with van der Waals surface area (Å²) < 4.78 is 6.84. The Morgan fingerprint density at radius 1 is 1.41 bits per heavy atom. The average Bonchev–Trinajstić information content (AvgIpc) is 2.55. The van der Waals surface area contributed by atoms with Crippen LogP contribution in [0.3, 0.4) is 0 Å². The maximum absolute atomic E-state index is 10.1. The van der Waals surface area contributed by atoms with Crippen LogP contribution in [0.1, 0.15) is 24.4 Å². The van der Waals surface area contributed by atoms with Crippen LogP contribution in [0.25, 0.3) is 0 Å². The topological polar surface area (TPSA) is 44.7 Å². The molecule has 122 valence electrons. The van der Waals surface area contributed by atoms with E-state index in [4.69, 9.17) is 4.74 Å². The zero-order valence-corrected chi connectivity index (χ0v) is 15.9. The first-order chi connectivity index (χ1) is 10.6. The summed E-state index contributed by atoms with van der Waals surface area (Å²) in [6, 6.07) is 2.19. The number of aromatic hydroxyl groups is 1. The van der Waals surface area contributed by atoms with Gasteiger partial charge in [0.15, 0.2) is 11.5 Å². The Balaban J connectivity index is 2.41. The minimum atomic E-state index is 0.126. The molecule has 1 atom stereocenters. The SMILES string of the molecule is C=CCC[C@@H](c1cc(OC)c(O)c(Br)c1Br)N1CCNCC1. The number of hydrogen-bond donors (Lipinski definition) is 2. The van der Waals surface area contributed by atoms with E-state index in [0.29, 0.717) is 10.2 Å². The van der Waals surface area contributed by atoms with Crippen LogP contribution in [0.5, 0.6) is 11.5 Å². The smallest absolute Gasteiger partial charge is 0.173 e. The Hall–Kier alpha value is -0.560. The Bertz CT molecular complexity index is 531. The molecule has 0 aromatic heterocycles. The Morgan fingerprint density at radius 2 is 2.09 bits per heavy atom. The van der Waals surface area contributed by atoms with Gasteiger partial charge in [0, 0.05) is 36.7 Å². The molecule has 0 unspecified atom stereocenters. The van der Waals surface area contributed by atoms with E-state index in [1.165, 1.54) is 0 Å². The van der Waals surface area contributed by atoms with E-state index < -0.39 is 0 Å². The molecular formula is C16H22Br2N2O2. The van der Waals surface area contributed by atoms with Crippen molar-refractivity contribution in [2.24, 2.45) is 0 Å². The van der Waals surface area contributed by atoms with Gasteiger partial charge < -0.3 is 15.2 Å². The zero-order valence-electron chi connectivity index (χ0n) is 12.7. The number of halogens is 2. The third-order valence-electron chi connectivity index (χ3n) is 3.99. The maximum atomic E-state index is 10.1. The molecule has 0 amide bonds. The van der Waals surface area contributed by atoms with Gasteiger partial charge in [-0.3, -0.25) is 4.90 Å². The van der Waals surface area contributed by atoms with Crippen molar-refractivity contribution >= 4 is 31.9 Å². The van der Waals surface area contributed by atoms with Gasteiger partial charge in [-0.2, -0.15) is 0 Å². The van der Waals surface area contributed by atoms with Crippen molar-refractivity contribution in [2.45, 2.75) is 18.9 Å². The Labute approximate surface area is 148 Å². The molecule has 1 aliphatic heterocycles. The highest BCUT2D eigenvalue weighted by Gasteiger charge is 2.26. The quantitative estimate of drug-likeness (QED) is 0.669. The van der Waals surface area contributed by atoms with Crippen molar-refractivity contribution in [3.05, 3.63) is 33.2 Å². The largest absolute Gasteiger partial charge is 0.503 e. The average molecular weight is 434 g/mol. The summed E-state index contributed by atoms with van der Waals surface area (Å²) >= 11 is 7.08. The molecule has 0 bridgehead atoms. The minimum Gasteiger partial charge on any atom is -0.503 e. The first-order valence-corrected chi connectivity index (χ1v) is 8.99. The molecule has 0 saturated carbocycles. The molecule has 1 heterocycles. The van der Waals surface area contributed by atoms with Crippen molar-refractivity contribution in [1.82, 2.24) is 10.2 Å². The standard InChI is InChI=1S/C16H22Br2N2O2/c1-3-4-5-12(20-8-6-19-7-9-20)11-10-13(22-2)16(21)15(18)14(11)17/h3,10,12,19,21H,1,4-9H2,2H3/t12-/m0/s1. The van der Waals surface area contributed by atoms with Gasteiger partial charge in [-0.25, -0.2) is 0 Å². The summed E-state index contributed by atoms with van der Waals surface area (Å²) in [5.41, 5.74) is 1.13. The lowest BCUT2D eigenvalue weighted by atomic mass is 9.99. The van der Waals surface area contributed by atoms with E-state index in [9.17, 15) is 5.11 Å². The first-order valence-electron chi connectivity index (χ1n) is 7.40. The van der Waals surface area contributed by atoms with Gasteiger partial charge in [-0.15, -0.1) is 6.58 Å². The van der Waals surface area contributed by atoms with Gasteiger partial charge in [-0.1, -0.05) is 6.08 Å². The molecule has 1 aromatic rings. The van der Waals surface area contributed by atoms with Crippen molar-refractivity contribution in [1.29, 1.82) is 0 Å². The number of phenols is 1. The van der Waals surface area contributed by atoms with Crippen molar-refractivity contribution in [2.75, 3.05) is 33.3 Å². The molecule has 1 aliphatic rings. The third kappa shape index (κ3) is 3.85. The van der Waals surface area contributed by atoms with Gasteiger partial charge in [0.05, 0.1) is 11.6 Å². The number of hydrogen-bond acceptors (Lipinski definition) is 4. The lowest BCUT2D eigenvalue weighted by Gasteiger charge is -2.36. The fourth-order valence-corrected chi connectivity index (χ4v) is 3.80. The molecule has 22 heavy (non-hydrogen) atoms. The monoisotopic (exact) mass is 432 g/mol. The van der Waals surface area contributed by atoms with Crippen LogP contribution < -0.4 is 10.1 Å². The van der Waals surface area contributed by atoms with E-state index in [2.05, 4.69) is 48.7 Å². The molecule has 0 aliphatic carbocycles. The fraction of sp³-hybridized carbons (Fsp3) is 0.500. The molecule has 1 fully saturated rings. The Kier molecular flexibility index (Phi) is 6.74. The number of allylic oxidation sites excluding steroid dienone is 1. The molecule has 1 aromatic carbocycles. The lowest BCUT2D eigenvalue weighted by Crippen LogP contribution is -2.45. The van der Waals surface area contributed by atoms with Crippen molar-refractivity contribution < 1.29 is 9.84 Å². The molecule has 2 N–H and O–H groups in total. The minimum absolute atomic E-state index is 0.126. The van der Waals surface area contributed by atoms with Crippen LogP contribution in [0, 0.1) is 0 Å². The van der Waals surface area contributed by atoms with Gasteiger partial charge >= 0.3 is 0 Å². The van der Waals surface area contributed by atoms with Crippen LogP contribution in [0.4, 0.5) is 0 Å². The van der Waals surface area contributed by atoms with Crippen LogP contribution >= 0.6 is 31.9 Å². The van der Waals surface area contributed by atoms with Crippen LogP contribution in [-0.2, 0) is 0 Å². The molecule has 2 rings (SSSR count). The summed E-state index contributed by atoms with van der Waals surface area (Å²) in [6.07, 6.45) is 3.89. The number of nitrogens with zero attached hydrogens (tertiary/aromatic N) is 1. The molecule has 1 saturated heterocycles.